The number of hydrogen-bond donors (Lipinski definition) is 2. The highest BCUT2D eigenvalue weighted by Crippen LogP contribution is 2.32. The first-order valence-corrected chi connectivity index (χ1v) is 8.49. The number of carbonyl (C=O) groups excluding carboxylic acids is 1. The number of methoxy groups -OCH3 is 1. The summed E-state index contributed by atoms with van der Waals surface area (Å²) in [5.74, 6) is 1.92. The third kappa shape index (κ3) is 3.93. The van der Waals surface area contributed by atoms with Gasteiger partial charge in [0.05, 0.1) is 18.9 Å². The Labute approximate surface area is 160 Å². The minimum atomic E-state index is -0.415. The highest BCUT2D eigenvalue weighted by Gasteiger charge is 2.13. The molecule has 0 fully saturated rings. The molecule has 0 unspecified atom stereocenters. The molecule has 1 aliphatic rings. The van der Waals surface area contributed by atoms with Gasteiger partial charge in [-0.15, -0.1) is 5.10 Å². The first-order chi connectivity index (χ1) is 13.7. The Hall–Kier alpha value is -3.88. The molecule has 28 heavy (non-hydrogen) atoms. The van der Waals surface area contributed by atoms with Crippen molar-refractivity contribution in [3.8, 4) is 11.5 Å². The number of benzene rings is 2. The summed E-state index contributed by atoms with van der Waals surface area (Å²) in [4.78, 5) is 16.0. The summed E-state index contributed by atoms with van der Waals surface area (Å²) in [7, 11) is 1.34. The summed E-state index contributed by atoms with van der Waals surface area (Å²) >= 11 is 0. The van der Waals surface area contributed by atoms with Gasteiger partial charge in [0.1, 0.15) is 0 Å². The fourth-order valence-corrected chi connectivity index (χ4v) is 2.66. The average Bonchev–Trinajstić information content (AvgIpc) is 3.20. The summed E-state index contributed by atoms with van der Waals surface area (Å²) in [5, 5.41) is 14.1. The fourth-order valence-electron chi connectivity index (χ4n) is 2.66. The van der Waals surface area contributed by atoms with Gasteiger partial charge >= 0.3 is 5.97 Å². The van der Waals surface area contributed by atoms with Crippen molar-refractivity contribution in [2.24, 2.45) is 0 Å². The van der Waals surface area contributed by atoms with Crippen molar-refractivity contribution in [2.45, 2.75) is 6.54 Å². The summed E-state index contributed by atoms with van der Waals surface area (Å²) in [6.07, 6.45) is 1.53. The van der Waals surface area contributed by atoms with Gasteiger partial charge in [0, 0.05) is 12.2 Å². The van der Waals surface area contributed by atoms with E-state index in [1.165, 1.54) is 13.3 Å². The number of ether oxygens (including phenoxy) is 3. The van der Waals surface area contributed by atoms with Gasteiger partial charge < -0.3 is 24.8 Å². The number of fused-ring (bicyclic) bond motifs is 1. The van der Waals surface area contributed by atoms with Gasteiger partial charge in [-0.2, -0.15) is 10.1 Å². The summed E-state index contributed by atoms with van der Waals surface area (Å²) < 4.78 is 15.4. The number of hydrogen-bond acceptors (Lipinski definition) is 9. The van der Waals surface area contributed by atoms with E-state index in [0.29, 0.717) is 29.6 Å². The molecule has 0 aliphatic carbocycles. The smallest absolute Gasteiger partial charge is 0.337 e. The number of rotatable bonds is 6. The van der Waals surface area contributed by atoms with E-state index in [0.717, 1.165) is 17.1 Å². The molecule has 9 nitrogen and oxygen atoms in total. The maximum absolute atomic E-state index is 11.6. The van der Waals surface area contributed by atoms with Crippen LogP contribution in [0.25, 0.3) is 0 Å². The molecule has 2 N–H and O–H groups in total. The van der Waals surface area contributed by atoms with Gasteiger partial charge in [-0.25, -0.2) is 4.79 Å². The molecular weight excluding hydrogens is 362 g/mol. The highest BCUT2D eigenvalue weighted by atomic mass is 16.7. The lowest BCUT2D eigenvalue weighted by molar-refractivity contribution is 0.0601. The van der Waals surface area contributed by atoms with Crippen molar-refractivity contribution in [3.05, 3.63) is 59.8 Å². The van der Waals surface area contributed by atoms with Crippen LogP contribution in [0.2, 0.25) is 0 Å². The van der Waals surface area contributed by atoms with Crippen molar-refractivity contribution in [2.75, 3.05) is 24.5 Å². The third-order valence-electron chi connectivity index (χ3n) is 4.01. The molecule has 0 radical (unpaired) electrons. The Kier molecular flexibility index (Phi) is 4.87. The number of carbonyl (C=O) groups is 1. The van der Waals surface area contributed by atoms with E-state index >= 15 is 0 Å². The zero-order valence-electron chi connectivity index (χ0n) is 15.0. The van der Waals surface area contributed by atoms with Crippen molar-refractivity contribution in [1.29, 1.82) is 0 Å². The number of esters is 1. The maximum Gasteiger partial charge on any atom is 0.337 e. The summed E-state index contributed by atoms with van der Waals surface area (Å²) in [6.45, 7) is 0.779. The van der Waals surface area contributed by atoms with E-state index in [9.17, 15) is 4.79 Å². The van der Waals surface area contributed by atoms with Crippen LogP contribution < -0.4 is 20.1 Å². The molecule has 2 heterocycles. The van der Waals surface area contributed by atoms with Crippen molar-refractivity contribution >= 4 is 23.4 Å². The molecule has 3 aromatic rings. The van der Waals surface area contributed by atoms with E-state index in [4.69, 9.17) is 14.2 Å². The minimum Gasteiger partial charge on any atom is -0.465 e. The Balaban J connectivity index is 1.42. The molecule has 142 valence electrons. The SMILES string of the molecule is COC(=O)c1cccc(Nc2nncc(NCc3ccc4c(c3)OCO4)n2)c1. The van der Waals surface area contributed by atoms with Crippen LogP contribution in [0.4, 0.5) is 17.5 Å². The lowest BCUT2D eigenvalue weighted by Gasteiger charge is -2.09. The topological polar surface area (TPSA) is 107 Å². The lowest BCUT2D eigenvalue weighted by Crippen LogP contribution is -2.06. The number of nitrogens with zero attached hydrogens (tertiary/aromatic N) is 3. The van der Waals surface area contributed by atoms with Crippen LogP contribution in [0.15, 0.2) is 48.7 Å². The van der Waals surface area contributed by atoms with Crippen LogP contribution in [0, 0.1) is 0 Å². The van der Waals surface area contributed by atoms with Crippen LogP contribution >= 0.6 is 0 Å². The van der Waals surface area contributed by atoms with Crippen LogP contribution in [0.3, 0.4) is 0 Å². The molecule has 2 aromatic carbocycles. The van der Waals surface area contributed by atoms with Gasteiger partial charge in [-0.3, -0.25) is 0 Å². The average molecular weight is 379 g/mol. The molecule has 9 heteroatoms. The normalized spacial score (nSPS) is 11.8. The predicted octanol–water partition coefficient (Wildman–Crippen LogP) is 2.74. The number of anilines is 3. The molecule has 0 saturated heterocycles. The van der Waals surface area contributed by atoms with E-state index in [1.54, 1.807) is 24.3 Å². The first-order valence-electron chi connectivity index (χ1n) is 8.49. The van der Waals surface area contributed by atoms with Crippen LogP contribution in [0.5, 0.6) is 11.5 Å². The molecular formula is C19H17N5O4. The molecule has 1 aliphatic heterocycles. The molecule has 0 bridgehead atoms. The number of aromatic nitrogens is 3. The van der Waals surface area contributed by atoms with Crippen LogP contribution in [-0.2, 0) is 11.3 Å². The largest absolute Gasteiger partial charge is 0.465 e. The van der Waals surface area contributed by atoms with Gasteiger partial charge in [0.25, 0.3) is 0 Å². The molecule has 0 amide bonds. The number of nitrogens with one attached hydrogen (secondary N) is 2. The second-order valence-corrected chi connectivity index (χ2v) is 5.90. The molecule has 4 rings (SSSR count). The van der Waals surface area contributed by atoms with Gasteiger partial charge in [0.15, 0.2) is 17.3 Å². The van der Waals surface area contributed by atoms with Crippen molar-refractivity contribution < 1.29 is 19.0 Å². The van der Waals surface area contributed by atoms with E-state index < -0.39 is 5.97 Å². The zero-order valence-corrected chi connectivity index (χ0v) is 15.0. The molecule has 0 saturated carbocycles. The Bertz CT molecular complexity index is 1010. The van der Waals surface area contributed by atoms with E-state index in [1.807, 2.05) is 18.2 Å². The second kappa shape index (κ2) is 7.78. The quantitative estimate of drug-likeness (QED) is 0.625. The lowest BCUT2D eigenvalue weighted by atomic mass is 10.2. The van der Waals surface area contributed by atoms with E-state index in [2.05, 4.69) is 25.8 Å². The molecule has 0 atom stereocenters. The van der Waals surface area contributed by atoms with Crippen LogP contribution in [-0.4, -0.2) is 35.1 Å². The van der Waals surface area contributed by atoms with Crippen molar-refractivity contribution in [3.63, 3.8) is 0 Å². The monoisotopic (exact) mass is 379 g/mol. The van der Waals surface area contributed by atoms with E-state index in [-0.39, 0.29) is 6.79 Å². The molecule has 1 aromatic heterocycles. The predicted molar refractivity (Wildman–Crippen MR) is 101 cm³/mol. The fraction of sp³-hybridized carbons (Fsp3) is 0.158. The minimum absolute atomic E-state index is 0.244. The van der Waals surface area contributed by atoms with Gasteiger partial charge in [0.2, 0.25) is 12.7 Å². The highest BCUT2D eigenvalue weighted by molar-refractivity contribution is 5.90. The first kappa shape index (κ1) is 17.5. The Morgan fingerprint density at radius 2 is 2.07 bits per heavy atom. The third-order valence-corrected chi connectivity index (χ3v) is 4.01. The standard InChI is InChI=1S/C19H17N5O4/c1-26-18(25)13-3-2-4-14(8-13)22-19-23-17(10-21-24-19)20-9-12-5-6-15-16(7-12)28-11-27-15/h2-8,10H,9,11H2,1H3,(H2,20,22,23,24). The maximum atomic E-state index is 11.6. The van der Waals surface area contributed by atoms with Gasteiger partial charge in [-0.1, -0.05) is 12.1 Å². The molecule has 0 spiro atoms. The summed E-state index contributed by atoms with van der Waals surface area (Å²) in [5.41, 5.74) is 2.10. The Morgan fingerprint density at radius 3 is 2.96 bits per heavy atom. The van der Waals surface area contributed by atoms with Crippen molar-refractivity contribution in [1.82, 2.24) is 15.2 Å². The zero-order chi connectivity index (χ0) is 19.3. The second-order valence-electron chi connectivity index (χ2n) is 5.90. The Morgan fingerprint density at radius 1 is 1.18 bits per heavy atom. The van der Waals surface area contributed by atoms with Gasteiger partial charge in [-0.05, 0) is 35.9 Å². The summed E-state index contributed by atoms with van der Waals surface area (Å²) in [6, 6.07) is 12.6. The van der Waals surface area contributed by atoms with Crippen LogP contribution in [0.1, 0.15) is 15.9 Å².